The monoisotopic (exact) mass is 406 g/mol. The molecule has 0 aromatic heterocycles. The predicted octanol–water partition coefficient (Wildman–Crippen LogP) is 2.21. The highest BCUT2D eigenvalue weighted by Gasteiger charge is 2.47. The van der Waals surface area contributed by atoms with Gasteiger partial charge in [0, 0.05) is 30.7 Å². The van der Waals surface area contributed by atoms with E-state index in [4.69, 9.17) is 22.1 Å². The second-order valence-corrected chi connectivity index (χ2v) is 8.56. The summed E-state index contributed by atoms with van der Waals surface area (Å²) in [4.78, 5) is 28.7. The molecular formula is C20H27ClN4O3. The van der Waals surface area contributed by atoms with Gasteiger partial charge in [0.2, 0.25) is 5.91 Å². The Labute approximate surface area is 170 Å². The molecule has 2 atom stereocenters. The highest BCUT2D eigenvalue weighted by Crippen LogP contribution is 2.44. The van der Waals surface area contributed by atoms with Crippen LogP contribution in [0.15, 0.2) is 29.4 Å². The third-order valence-corrected chi connectivity index (χ3v) is 5.47. The van der Waals surface area contributed by atoms with E-state index < -0.39 is 11.8 Å². The lowest BCUT2D eigenvalue weighted by Crippen LogP contribution is -2.59. The smallest absolute Gasteiger partial charge is 0.317 e. The van der Waals surface area contributed by atoms with Gasteiger partial charge in [0.05, 0.1) is 19.1 Å². The second-order valence-electron chi connectivity index (χ2n) is 8.20. The third-order valence-electron chi connectivity index (χ3n) is 5.05. The maximum absolute atomic E-state index is 12.6. The van der Waals surface area contributed by atoms with E-state index in [-0.39, 0.29) is 17.6 Å². The van der Waals surface area contributed by atoms with Gasteiger partial charge in [-0.25, -0.2) is 4.79 Å². The summed E-state index contributed by atoms with van der Waals surface area (Å²) in [6.45, 7) is 7.23. The Morgan fingerprint density at radius 1 is 1.29 bits per heavy atom. The number of urea groups is 1. The molecule has 1 fully saturated rings. The summed E-state index contributed by atoms with van der Waals surface area (Å²) >= 11 is 6.69. The molecule has 28 heavy (non-hydrogen) atoms. The van der Waals surface area contributed by atoms with E-state index in [0.717, 1.165) is 5.56 Å². The van der Waals surface area contributed by atoms with Crippen LogP contribution in [-0.2, 0) is 4.79 Å². The Morgan fingerprint density at radius 3 is 2.61 bits per heavy atom. The lowest BCUT2D eigenvalue weighted by Gasteiger charge is -2.41. The van der Waals surface area contributed by atoms with Crippen LogP contribution in [0.5, 0.6) is 5.75 Å². The molecule has 2 heterocycles. The number of nitrogens with two attached hydrogens (primary N) is 1. The highest BCUT2D eigenvalue weighted by molar-refractivity contribution is 6.33. The fourth-order valence-corrected chi connectivity index (χ4v) is 4.26. The van der Waals surface area contributed by atoms with Crippen LogP contribution in [0.25, 0.3) is 5.57 Å². The fraction of sp³-hybridized carbons (Fsp3) is 0.500. The molecule has 0 bridgehead atoms. The van der Waals surface area contributed by atoms with Crippen molar-refractivity contribution in [3.05, 3.63) is 35.0 Å². The Kier molecular flexibility index (Phi) is 5.48. The van der Waals surface area contributed by atoms with Crippen molar-refractivity contribution in [3.8, 4) is 5.75 Å². The number of nitrogens with one attached hydrogen (secondary N) is 1. The summed E-state index contributed by atoms with van der Waals surface area (Å²) in [5.41, 5.74) is 6.93. The molecule has 1 aromatic carbocycles. The quantitative estimate of drug-likeness (QED) is 0.753. The molecule has 3 rings (SSSR count). The van der Waals surface area contributed by atoms with Gasteiger partial charge < -0.3 is 25.6 Å². The molecule has 2 aliphatic rings. The summed E-state index contributed by atoms with van der Waals surface area (Å²) in [6, 6.07) is 6.98. The molecule has 2 aliphatic heterocycles. The third kappa shape index (κ3) is 3.90. The first-order chi connectivity index (χ1) is 13.1. The van der Waals surface area contributed by atoms with Gasteiger partial charge in [0.1, 0.15) is 10.9 Å². The lowest BCUT2D eigenvalue weighted by atomic mass is 9.88. The molecule has 0 saturated carbocycles. The van der Waals surface area contributed by atoms with Crippen LogP contribution in [0.2, 0.25) is 0 Å². The molecule has 3 amide bonds. The van der Waals surface area contributed by atoms with E-state index in [0.29, 0.717) is 36.1 Å². The number of benzene rings is 1. The van der Waals surface area contributed by atoms with E-state index in [1.165, 1.54) is 0 Å². The van der Waals surface area contributed by atoms with Crippen LogP contribution in [0.4, 0.5) is 4.79 Å². The van der Waals surface area contributed by atoms with E-state index in [1.54, 1.807) is 12.0 Å². The Hall–Kier alpha value is -2.41. The Morgan fingerprint density at radius 2 is 2.00 bits per heavy atom. The highest BCUT2D eigenvalue weighted by atomic mass is 35.5. The zero-order chi connectivity index (χ0) is 20.6. The van der Waals surface area contributed by atoms with Crippen LogP contribution in [-0.4, -0.2) is 60.1 Å². The van der Waals surface area contributed by atoms with Gasteiger partial charge in [0.15, 0.2) is 0 Å². The van der Waals surface area contributed by atoms with Crippen LogP contribution >= 0.6 is 11.6 Å². The fourth-order valence-electron chi connectivity index (χ4n) is 3.82. The van der Waals surface area contributed by atoms with Crippen LogP contribution in [0, 0.1) is 5.92 Å². The minimum atomic E-state index is -0.607. The number of carbonyl (C=O) groups excluding carboxylic acids is 2. The Balaban J connectivity index is 1.90. The van der Waals surface area contributed by atoms with Crippen molar-refractivity contribution in [2.24, 2.45) is 11.7 Å². The minimum absolute atomic E-state index is 0.152. The summed E-state index contributed by atoms with van der Waals surface area (Å²) in [7, 11) is 1.59. The topological polar surface area (TPSA) is 87.9 Å². The molecule has 1 saturated heterocycles. The number of hydrogen-bond acceptors (Lipinski definition) is 4. The molecule has 0 aliphatic carbocycles. The first kappa shape index (κ1) is 20.3. The molecular weight excluding hydrogens is 380 g/mol. The van der Waals surface area contributed by atoms with E-state index in [2.05, 4.69) is 5.32 Å². The maximum atomic E-state index is 12.6. The predicted molar refractivity (Wildman–Crippen MR) is 109 cm³/mol. The van der Waals surface area contributed by atoms with Crippen molar-refractivity contribution in [1.82, 2.24) is 15.1 Å². The maximum Gasteiger partial charge on any atom is 0.317 e. The molecule has 7 nitrogen and oxygen atoms in total. The normalized spacial score (nSPS) is 22.2. The summed E-state index contributed by atoms with van der Waals surface area (Å²) in [5.74, 6) is -0.389. The summed E-state index contributed by atoms with van der Waals surface area (Å²) in [5, 5.41) is 3.48. The molecule has 8 heteroatoms. The molecule has 0 spiro atoms. The molecule has 1 aromatic rings. The lowest BCUT2D eigenvalue weighted by molar-refractivity contribution is -0.121. The average Bonchev–Trinajstić information content (AvgIpc) is 2.92. The summed E-state index contributed by atoms with van der Waals surface area (Å²) in [6.07, 6.45) is 0. The largest absolute Gasteiger partial charge is 0.497 e. The van der Waals surface area contributed by atoms with Crippen LogP contribution in [0.1, 0.15) is 26.3 Å². The molecule has 3 N–H and O–H groups in total. The number of primary amides is 1. The minimum Gasteiger partial charge on any atom is -0.497 e. The first-order valence-corrected chi connectivity index (χ1v) is 9.67. The number of rotatable bonds is 3. The number of halogens is 1. The second kappa shape index (κ2) is 7.54. The van der Waals surface area contributed by atoms with Crippen molar-refractivity contribution < 1.29 is 14.3 Å². The summed E-state index contributed by atoms with van der Waals surface area (Å²) < 4.78 is 5.30. The van der Waals surface area contributed by atoms with Gasteiger partial charge in [-0.05, 0) is 38.5 Å². The number of hydrogen-bond donors (Lipinski definition) is 2. The first-order valence-electron chi connectivity index (χ1n) is 9.29. The average molecular weight is 407 g/mol. The van der Waals surface area contributed by atoms with Crippen molar-refractivity contribution in [1.29, 1.82) is 0 Å². The number of fused-ring (bicyclic) bond motifs is 1. The van der Waals surface area contributed by atoms with Crippen LogP contribution < -0.4 is 15.8 Å². The van der Waals surface area contributed by atoms with Crippen molar-refractivity contribution in [3.63, 3.8) is 0 Å². The molecule has 2 unspecified atom stereocenters. The molecule has 0 radical (unpaired) electrons. The van der Waals surface area contributed by atoms with Crippen molar-refractivity contribution in [2.45, 2.75) is 32.4 Å². The van der Waals surface area contributed by atoms with Crippen molar-refractivity contribution >= 4 is 29.1 Å². The van der Waals surface area contributed by atoms with Gasteiger partial charge in [-0.3, -0.25) is 4.79 Å². The zero-order valence-electron chi connectivity index (χ0n) is 16.7. The standard InChI is InChI=1S/C20H27ClN4O3/c1-20(2,3)23-19(27)24-8-9-25-14(11-24)16(18(22)26)15(17(25)21)12-6-5-7-13(10-12)28-4/h5-7,10,14,16H,8-9,11H2,1-4H3,(H2,22,26)(H,23,27). The number of carbonyl (C=O) groups is 2. The Bertz CT molecular complexity index is 818. The van der Waals surface area contributed by atoms with Gasteiger partial charge in [0.25, 0.3) is 0 Å². The molecule has 152 valence electrons. The van der Waals surface area contributed by atoms with E-state index >= 15 is 0 Å². The van der Waals surface area contributed by atoms with Gasteiger partial charge in [-0.15, -0.1) is 0 Å². The van der Waals surface area contributed by atoms with Crippen molar-refractivity contribution in [2.75, 3.05) is 26.7 Å². The van der Waals surface area contributed by atoms with Crippen LogP contribution in [0.3, 0.4) is 0 Å². The van der Waals surface area contributed by atoms with E-state index in [9.17, 15) is 9.59 Å². The number of piperazine rings is 1. The number of amides is 3. The van der Waals surface area contributed by atoms with E-state index in [1.807, 2.05) is 49.9 Å². The van der Waals surface area contributed by atoms with Gasteiger partial charge in [-0.2, -0.15) is 0 Å². The SMILES string of the molecule is COc1cccc(C2=C(Cl)N3CCN(C(=O)NC(C)(C)C)CC3C2C(N)=O)c1. The number of methoxy groups -OCH3 is 1. The zero-order valence-corrected chi connectivity index (χ0v) is 17.4. The van der Waals surface area contributed by atoms with Gasteiger partial charge in [-0.1, -0.05) is 23.7 Å². The number of nitrogens with zero attached hydrogens (tertiary/aromatic N) is 2. The van der Waals surface area contributed by atoms with Gasteiger partial charge >= 0.3 is 6.03 Å². The number of ether oxygens (including phenoxy) is 1.